The molecule has 0 atom stereocenters. The van der Waals surface area contributed by atoms with Gasteiger partial charge >= 0.3 is 5.69 Å². The standard InChI is InChI=1S/C11H10BrN3O2S/c1-6(16)8-5-7(12)3-4-9(8)18-11-14-13-10(17)15(11)2/h3-5H,1-2H3,(H,13,17). The highest BCUT2D eigenvalue weighted by Gasteiger charge is 2.12. The Morgan fingerprint density at radius 2 is 2.22 bits per heavy atom. The van der Waals surface area contributed by atoms with E-state index in [1.54, 1.807) is 13.1 Å². The molecule has 0 saturated heterocycles. The number of aromatic nitrogens is 3. The van der Waals surface area contributed by atoms with Gasteiger partial charge in [-0.25, -0.2) is 9.89 Å². The summed E-state index contributed by atoms with van der Waals surface area (Å²) in [5, 5.41) is 6.78. The van der Waals surface area contributed by atoms with Crippen molar-refractivity contribution in [3.8, 4) is 0 Å². The van der Waals surface area contributed by atoms with Gasteiger partial charge in [0.05, 0.1) is 0 Å². The lowest BCUT2D eigenvalue weighted by atomic mass is 10.1. The van der Waals surface area contributed by atoms with Crippen molar-refractivity contribution in [1.29, 1.82) is 0 Å². The predicted octanol–water partition coefficient (Wildman–Crippen LogP) is 2.22. The van der Waals surface area contributed by atoms with Crippen LogP contribution in [0.2, 0.25) is 0 Å². The molecule has 0 aliphatic heterocycles. The molecule has 5 nitrogen and oxygen atoms in total. The Hall–Kier alpha value is -1.34. The Kier molecular flexibility index (Phi) is 3.72. The summed E-state index contributed by atoms with van der Waals surface area (Å²) < 4.78 is 2.24. The number of aromatic amines is 1. The van der Waals surface area contributed by atoms with E-state index in [0.717, 1.165) is 9.37 Å². The van der Waals surface area contributed by atoms with Crippen LogP contribution in [-0.2, 0) is 7.05 Å². The number of rotatable bonds is 3. The molecular formula is C11H10BrN3O2S. The number of carbonyl (C=O) groups excluding carboxylic acids is 1. The topological polar surface area (TPSA) is 67.8 Å². The number of nitrogens with one attached hydrogen (secondary N) is 1. The summed E-state index contributed by atoms with van der Waals surface area (Å²) >= 11 is 4.61. The van der Waals surface area contributed by atoms with Gasteiger partial charge in [0.25, 0.3) is 0 Å². The number of ketones is 1. The van der Waals surface area contributed by atoms with E-state index in [1.165, 1.54) is 23.3 Å². The molecule has 7 heteroatoms. The molecule has 0 radical (unpaired) electrons. The fourth-order valence-electron chi connectivity index (χ4n) is 1.39. The fraction of sp³-hybridized carbons (Fsp3) is 0.182. The molecule has 18 heavy (non-hydrogen) atoms. The molecular weight excluding hydrogens is 318 g/mol. The quantitative estimate of drug-likeness (QED) is 0.878. The van der Waals surface area contributed by atoms with E-state index in [1.807, 2.05) is 12.1 Å². The van der Waals surface area contributed by atoms with Crippen LogP contribution in [0.3, 0.4) is 0 Å². The summed E-state index contributed by atoms with van der Waals surface area (Å²) in [7, 11) is 1.63. The zero-order valence-electron chi connectivity index (χ0n) is 9.73. The molecule has 0 aliphatic rings. The van der Waals surface area contributed by atoms with E-state index >= 15 is 0 Å². The fourth-order valence-corrected chi connectivity index (χ4v) is 2.71. The number of Topliss-reactive ketones (excluding diaryl/α,β-unsaturated/α-hetero) is 1. The van der Waals surface area contributed by atoms with Crippen LogP contribution in [0, 0.1) is 0 Å². The molecule has 2 aromatic rings. The van der Waals surface area contributed by atoms with Crippen LogP contribution < -0.4 is 5.69 Å². The van der Waals surface area contributed by atoms with Crippen LogP contribution in [0.4, 0.5) is 0 Å². The van der Waals surface area contributed by atoms with Crippen molar-refractivity contribution in [3.63, 3.8) is 0 Å². The minimum absolute atomic E-state index is 0.0284. The van der Waals surface area contributed by atoms with Crippen molar-refractivity contribution in [1.82, 2.24) is 14.8 Å². The average molecular weight is 328 g/mol. The molecule has 0 fully saturated rings. The highest BCUT2D eigenvalue weighted by molar-refractivity contribution is 9.10. The third kappa shape index (κ3) is 2.56. The lowest BCUT2D eigenvalue weighted by Crippen LogP contribution is -2.12. The van der Waals surface area contributed by atoms with E-state index in [9.17, 15) is 9.59 Å². The molecule has 1 aromatic carbocycles. The van der Waals surface area contributed by atoms with E-state index in [2.05, 4.69) is 26.1 Å². The van der Waals surface area contributed by atoms with E-state index in [4.69, 9.17) is 0 Å². The first-order valence-electron chi connectivity index (χ1n) is 5.09. The molecule has 1 N–H and O–H groups in total. The predicted molar refractivity (Wildman–Crippen MR) is 72.1 cm³/mol. The Morgan fingerprint density at radius 1 is 1.50 bits per heavy atom. The van der Waals surface area contributed by atoms with Crippen LogP contribution in [0.5, 0.6) is 0 Å². The second-order valence-electron chi connectivity index (χ2n) is 3.67. The smallest absolute Gasteiger partial charge is 0.294 e. The third-order valence-electron chi connectivity index (χ3n) is 2.36. The van der Waals surface area contributed by atoms with Crippen LogP contribution in [-0.4, -0.2) is 20.5 Å². The van der Waals surface area contributed by atoms with Gasteiger partial charge in [-0.05, 0) is 36.9 Å². The number of hydrogen-bond acceptors (Lipinski definition) is 4. The van der Waals surface area contributed by atoms with Crippen LogP contribution >= 0.6 is 27.7 Å². The van der Waals surface area contributed by atoms with Crippen LogP contribution in [0.1, 0.15) is 17.3 Å². The van der Waals surface area contributed by atoms with Gasteiger partial charge < -0.3 is 0 Å². The first kappa shape index (κ1) is 13.1. The number of benzene rings is 1. The molecule has 2 rings (SSSR count). The highest BCUT2D eigenvalue weighted by atomic mass is 79.9. The summed E-state index contributed by atoms with van der Waals surface area (Å²) in [6.45, 7) is 1.51. The van der Waals surface area contributed by atoms with Gasteiger partial charge in [-0.15, -0.1) is 5.10 Å². The lowest BCUT2D eigenvalue weighted by Gasteiger charge is -2.06. The van der Waals surface area contributed by atoms with Gasteiger partial charge in [-0.2, -0.15) is 0 Å². The van der Waals surface area contributed by atoms with Crippen molar-refractivity contribution in [2.24, 2.45) is 7.05 Å². The van der Waals surface area contributed by atoms with Gasteiger partial charge in [-0.3, -0.25) is 9.36 Å². The zero-order valence-corrected chi connectivity index (χ0v) is 12.1. The van der Waals surface area contributed by atoms with Crippen molar-refractivity contribution >= 4 is 33.5 Å². The van der Waals surface area contributed by atoms with Crippen molar-refractivity contribution < 1.29 is 4.79 Å². The average Bonchev–Trinajstić information content (AvgIpc) is 2.63. The summed E-state index contributed by atoms with van der Waals surface area (Å²) in [5.74, 6) is -0.0284. The minimum Gasteiger partial charge on any atom is -0.294 e. The second-order valence-corrected chi connectivity index (χ2v) is 5.59. The molecule has 0 amide bonds. The Morgan fingerprint density at radius 3 is 2.78 bits per heavy atom. The largest absolute Gasteiger partial charge is 0.343 e. The monoisotopic (exact) mass is 327 g/mol. The maximum atomic E-state index is 11.6. The minimum atomic E-state index is -0.279. The Labute approximate surface area is 116 Å². The van der Waals surface area contributed by atoms with Gasteiger partial charge in [0.1, 0.15) is 0 Å². The molecule has 0 spiro atoms. The van der Waals surface area contributed by atoms with Crippen molar-refractivity contribution in [2.45, 2.75) is 17.0 Å². The number of halogens is 1. The first-order chi connectivity index (χ1) is 8.49. The van der Waals surface area contributed by atoms with E-state index < -0.39 is 0 Å². The molecule has 0 aliphatic carbocycles. The van der Waals surface area contributed by atoms with Crippen LogP contribution in [0.25, 0.3) is 0 Å². The van der Waals surface area contributed by atoms with Crippen molar-refractivity contribution in [3.05, 3.63) is 38.7 Å². The molecule has 0 unspecified atom stereocenters. The van der Waals surface area contributed by atoms with Crippen molar-refractivity contribution in [2.75, 3.05) is 0 Å². The van der Waals surface area contributed by atoms with Crippen LogP contribution in [0.15, 0.2) is 37.5 Å². The number of carbonyl (C=O) groups is 1. The highest BCUT2D eigenvalue weighted by Crippen LogP contribution is 2.30. The summed E-state index contributed by atoms with van der Waals surface area (Å²) in [6, 6.07) is 5.43. The Balaban J connectivity index is 2.43. The van der Waals surface area contributed by atoms with Gasteiger partial charge in [0.15, 0.2) is 10.9 Å². The Bertz CT molecular complexity index is 663. The summed E-state index contributed by atoms with van der Waals surface area (Å²) in [6.07, 6.45) is 0. The van der Waals surface area contributed by atoms with Gasteiger partial charge in [-0.1, -0.05) is 15.9 Å². The molecule has 0 bridgehead atoms. The zero-order chi connectivity index (χ0) is 13.3. The summed E-state index contributed by atoms with van der Waals surface area (Å²) in [5.41, 5.74) is 0.323. The van der Waals surface area contributed by atoms with Gasteiger partial charge in [0, 0.05) is 22.0 Å². The molecule has 94 valence electrons. The normalized spacial score (nSPS) is 10.6. The summed E-state index contributed by atoms with van der Waals surface area (Å²) in [4.78, 5) is 23.6. The number of nitrogens with zero attached hydrogens (tertiary/aromatic N) is 2. The SMILES string of the molecule is CC(=O)c1cc(Br)ccc1Sc1n[nH]c(=O)n1C. The van der Waals surface area contributed by atoms with E-state index in [0.29, 0.717) is 10.7 Å². The van der Waals surface area contributed by atoms with E-state index in [-0.39, 0.29) is 11.5 Å². The molecule has 1 heterocycles. The van der Waals surface area contributed by atoms with Gasteiger partial charge in [0.2, 0.25) is 0 Å². The number of H-pyrrole nitrogens is 1. The third-order valence-corrected chi connectivity index (χ3v) is 3.98. The molecule has 1 aromatic heterocycles. The maximum absolute atomic E-state index is 11.6. The molecule has 0 saturated carbocycles. The maximum Gasteiger partial charge on any atom is 0.343 e. The first-order valence-corrected chi connectivity index (χ1v) is 6.69. The number of hydrogen-bond donors (Lipinski definition) is 1. The second kappa shape index (κ2) is 5.11. The lowest BCUT2D eigenvalue weighted by molar-refractivity contribution is 0.101.